The van der Waals surface area contributed by atoms with Gasteiger partial charge in [0.05, 0.1) is 11.0 Å². The molecular weight excluding hydrogens is 745 g/mol. The lowest BCUT2D eigenvalue weighted by Crippen LogP contribution is -2.30. The first kappa shape index (κ1) is 38.0. The van der Waals surface area contributed by atoms with Crippen LogP contribution in [0.5, 0.6) is 11.5 Å². The van der Waals surface area contributed by atoms with Crippen LogP contribution in [0.25, 0.3) is 72.3 Å². The van der Waals surface area contributed by atoms with Crippen molar-refractivity contribution in [2.45, 2.75) is 52.4 Å². The fourth-order valence-corrected chi connectivity index (χ4v) is 8.53. The lowest BCUT2D eigenvalue weighted by molar-refractivity contribution is -0.567. The van der Waals surface area contributed by atoms with Crippen molar-refractivity contribution in [2.75, 3.05) is 0 Å². The Morgan fingerprint density at radius 1 is 0.492 bits per heavy atom. The molecule has 0 unspecified atom stereocenters. The molecule has 7 aromatic carbocycles. The van der Waals surface area contributed by atoms with Gasteiger partial charge in [0.25, 0.3) is 6.33 Å². The molecule has 0 aliphatic rings. The number of nitrogens with zero attached hydrogens (tertiary/aromatic N) is 4. The molecule has 5 heteroatoms. The number of benzene rings is 7. The third-order valence-electron chi connectivity index (χ3n) is 11.9. The molecule has 0 saturated carbocycles. The van der Waals surface area contributed by atoms with Crippen molar-refractivity contribution in [3.05, 3.63) is 200 Å². The Hall–Kier alpha value is -7.24. The summed E-state index contributed by atoms with van der Waals surface area (Å²) in [6.45, 7) is 13.5. The van der Waals surface area contributed by atoms with Gasteiger partial charge < -0.3 is 4.74 Å². The van der Waals surface area contributed by atoms with E-state index in [0.717, 1.165) is 56.1 Å². The molecule has 298 valence electrons. The number of para-hydroxylation sites is 2. The zero-order valence-electron chi connectivity index (χ0n) is 35.6. The molecule has 0 atom stereocenters. The molecule has 61 heavy (non-hydrogen) atoms. The lowest BCUT2D eigenvalue weighted by Gasteiger charge is -2.20. The number of imidazole rings is 1. The van der Waals surface area contributed by atoms with E-state index in [9.17, 15) is 0 Å². The predicted octanol–water partition coefficient (Wildman–Crippen LogP) is 14.1. The minimum Gasteiger partial charge on any atom is -0.457 e. The summed E-state index contributed by atoms with van der Waals surface area (Å²) in [5.74, 6) is 2.39. The molecule has 3 heterocycles. The van der Waals surface area contributed by atoms with Crippen molar-refractivity contribution in [1.82, 2.24) is 14.1 Å². The molecule has 5 nitrogen and oxygen atoms in total. The summed E-state index contributed by atoms with van der Waals surface area (Å²) >= 11 is 0. The van der Waals surface area contributed by atoms with E-state index in [2.05, 4.69) is 231 Å². The quantitative estimate of drug-likeness (QED) is 0.151. The monoisotopic (exact) mass is 793 g/mol. The molecule has 0 radical (unpaired) electrons. The first-order chi connectivity index (χ1) is 29.5. The zero-order valence-corrected chi connectivity index (χ0v) is 35.6. The highest BCUT2D eigenvalue weighted by atomic mass is 16.5. The van der Waals surface area contributed by atoms with Crippen molar-refractivity contribution >= 4 is 32.8 Å². The number of aromatic nitrogens is 4. The number of hydrogen-bond donors (Lipinski definition) is 0. The Balaban J connectivity index is 1.08. The smallest absolute Gasteiger partial charge is 0.255 e. The highest BCUT2D eigenvalue weighted by Gasteiger charge is 2.25. The highest BCUT2D eigenvalue weighted by Crippen LogP contribution is 2.38. The summed E-state index contributed by atoms with van der Waals surface area (Å²) < 4.78 is 13.7. The SMILES string of the molecule is CC(C)(C)c1ccnc(-n2c3ccc(-c4ccccc4)cc3c3ccc(Oc4cccc(-n5c[n+](-c6cc(C(C)(C)C)ccc6-c6ccccc6)c6ccccc65)c4)cc32)c1. The second-order valence-electron chi connectivity index (χ2n) is 18.1. The normalized spacial score (nSPS) is 12.1. The average molecular weight is 794 g/mol. The van der Waals surface area contributed by atoms with Crippen molar-refractivity contribution < 1.29 is 9.30 Å². The van der Waals surface area contributed by atoms with Crippen molar-refractivity contribution in [2.24, 2.45) is 0 Å². The lowest BCUT2D eigenvalue weighted by atomic mass is 9.85. The summed E-state index contributed by atoms with van der Waals surface area (Å²) in [6, 6.07) is 62.6. The molecule has 0 spiro atoms. The van der Waals surface area contributed by atoms with Crippen LogP contribution in [0.3, 0.4) is 0 Å². The molecule has 0 N–H and O–H groups in total. The summed E-state index contributed by atoms with van der Waals surface area (Å²) in [4.78, 5) is 4.94. The summed E-state index contributed by atoms with van der Waals surface area (Å²) in [5, 5.41) is 2.31. The Morgan fingerprint density at radius 3 is 1.97 bits per heavy atom. The van der Waals surface area contributed by atoms with Crippen LogP contribution in [-0.4, -0.2) is 14.1 Å². The number of rotatable bonds is 7. The molecule has 10 aromatic rings. The van der Waals surface area contributed by atoms with Crippen LogP contribution in [0.2, 0.25) is 0 Å². The topological polar surface area (TPSA) is 35.9 Å². The number of hydrogen-bond acceptors (Lipinski definition) is 2. The zero-order chi connectivity index (χ0) is 41.9. The van der Waals surface area contributed by atoms with Gasteiger partial charge in [-0.25, -0.2) is 4.98 Å². The van der Waals surface area contributed by atoms with Gasteiger partial charge in [0.15, 0.2) is 11.0 Å². The Morgan fingerprint density at radius 2 is 1.20 bits per heavy atom. The largest absolute Gasteiger partial charge is 0.457 e. The molecule has 0 amide bonds. The van der Waals surface area contributed by atoms with Crippen LogP contribution >= 0.6 is 0 Å². The first-order valence-electron chi connectivity index (χ1n) is 21.1. The molecule has 0 aliphatic carbocycles. The second kappa shape index (κ2) is 14.8. The Labute approximate surface area is 357 Å². The Kier molecular flexibility index (Phi) is 9.21. The van der Waals surface area contributed by atoms with Gasteiger partial charge in [-0.15, -0.1) is 0 Å². The van der Waals surface area contributed by atoms with Crippen LogP contribution < -0.4 is 9.30 Å². The molecular formula is C56H49N4O+. The van der Waals surface area contributed by atoms with Gasteiger partial charge in [0.2, 0.25) is 0 Å². The maximum absolute atomic E-state index is 6.79. The van der Waals surface area contributed by atoms with Gasteiger partial charge in [-0.3, -0.25) is 4.57 Å². The van der Waals surface area contributed by atoms with E-state index >= 15 is 0 Å². The average Bonchev–Trinajstić information content (AvgIpc) is 3.82. The molecule has 0 aliphatic heterocycles. The summed E-state index contributed by atoms with van der Waals surface area (Å²) in [7, 11) is 0. The third-order valence-corrected chi connectivity index (χ3v) is 11.9. The molecule has 3 aromatic heterocycles. The van der Waals surface area contributed by atoms with E-state index in [4.69, 9.17) is 9.72 Å². The van der Waals surface area contributed by atoms with E-state index in [0.29, 0.717) is 0 Å². The second-order valence-corrected chi connectivity index (χ2v) is 18.1. The van der Waals surface area contributed by atoms with Crippen molar-refractivity contribution in [3.8, 4) is 50.9 Å². The maximum Gasteiger partial charge on any atom is 0.255 e. The Bertz CT molecular complexity index is 3230. The standard InChI is InChI=1S/C56H49N4O/c1-55(2,3)41-25-27-46(39-18-11-8-12-19-39)52(33-41)59-37-58(50-22-13-14-23-51(50)59)43-20-15-21-44(35-43)61-45-26-28-47-48-32-40(38-16-9-7-10-17-38)24-29-49(48)60(53(47)36-45)54-34-42(30-31-57-54)56(4,5)6/h7-37H,1-6H3/q+1. The summed E-state index contributed by atoms with van der Waals surface area (Å²) in [5.41, 5.74) is 13.7. The minimum absolute atomic E-state index is 0.00990. The molecule has 10 rings (SSSR count). The molecule has 0 saturated heterocycles. The van der Waals surface area contributed by atoms with Crippen LogP contribution in [0.15, 0.2) is 188 Å². The van der Waals surface area contributed by atoms with E-state index in [1.54, 1.807) is 0 Å². The minimum atomic E-state index is -0.0266. The van der Waals surface area contributed by atoms with E-state index < -0.39 is 0 Å². The van der Waals surface area contributed by atoms with Crippen LogP contribution in [0.1, 0.15) is 52.7 Å². The van der Waals surface area contributed by atoms with Crippen LogP contribution in [-0.2, 0) is 10.8 Å². The highest BCUT2D eigenvalue weighted by molar-refractivity contribution is 6.10. The number of ether oxygens (including phenoxy) is 1. The van der Waals surface area contributed by atoms with Crippen LogP contribution in [0, 0.1) is 0 Å². The fraction of sp³-hybridized carbons (Fsp3) is 0.143. The summed E-state index contributed by atoms with van der Waals surface area (Å²) in [6.07, 6.45) is 4.14. The van der Waals surface area contributed by atoms with E-state index in [1.165, 1.54) is 38.8 Å². The van der Waals surface area contributed by atoms with Gasteiger partial charge in [-0.05, 0) is 111 Å². The maximum atomic E-state index is 6.79. The predicted molar refractivity (Wildman–Crippen MR) is 252 cm³/mol. The van der Waals surface area contributed by atoms with Gasteiger partial charge in [0, 0.05) is 34.7 Å². The van der Waals surface area contributed by atoms with E-state index in [1.807, 2.05) is 12.3 Å². The van der Waals surface area contributed by atoms with Crippen molar-refractivity contribution in [3.63, 3.8) is 0 Å². The van der Waals surface area contributed by atoms with Gasteiger partial charge in [0.1, 0.15) is 28.7 Å². The van der Waals surface area contributed by atoms with Crippen LogP contribution in [0.4, 0.5) is 0 Å². The third kappa shape index (κ3) is 7.06. The molecule has 0 fully saturated rings. The van der Waals surface area contributed by atoms with Gasteiger partial charge in [-0.1, -0.05) is 133 Å². The van der Waals surface area contributed by atoms with E-state index in [-0.39, 0.29) is 10.8 Å². The number of fused-ring (bicyclic) bond motifs is 4. The van der Waals surface area contributed by atoms with Crippen molar-refractivity contribution in [1.29, 1.82) is 0 Å². The number of pyridine rings is 1. The van der Waals surface area contributed by atoms with Gasteiger partial charge in [-0.2, -0.15) is 9.13 Å². The molecule has 0 bridgehead atoms. The van der Waals surface area contributed by atoms with Gasteiger partial charge >= 0.3 is 0 Å². The first-order valence-corrected chi connectivity index (χ1v) is 21.1. The fourth-order valence-electron chi connectivity index (χ4n) is 8.53.